The van der Waals surface area contributed by atoms with Gasteiger partial charge in [-0.05, 0) is 58.9 Å². The zero-order valence-electron chi connectivity index (χ0n) is 32.1. The Bertz CT molecular complexity index is 851. The topological polar surface area (TPSA) is 69.7 Å². The van der Waals surface area contributed by atoms with E-state index in [1.54, 1.807) is 6.54 Å². The number of carbonyl (C=O) groups is 3. The number of Topliss-reactive ketones (excluding diaryl/α,β-unsaturated/α-hetero) is 3. The predicted molar refractivity (Wildman–Crippen MR) is 181 cm³/mol. The van der Waals surface area contributed by atoms with Crippen molar-refractivity contribution in [1.82, 2.24) is 15.1 Å². The molecule has 1 fully saturated rings. The van der Waals surface area contributed by atoms with Crippen LogP contribution in [0.25, 0.3) is 0 Å². The Morgan fingerprint density at radius 3 is 1.42 bits per heavy atom. The molecule has 1 heterocycles. The maximum absolute atomic E-state index is 12.0. The van der Waals surface area contributed by atoms with Gasteiger partial charge < -0.3 is 15.0 Å². The number of hydrogen-bond donors (Lipinski definition) is 1. The number of ketones is 3. The van der Waals surface area contributed by atoms with E-state index >= 15 is 0 Å². The van der Waals surface area contributed by atoms with Crippen LogP contribution < -0.4 is 5.32 Å². The van der Waals surface area contributed by atoms with Gasteiger partial charge in [-0.25, -0.2) is 0 Å². The van der Waals surface area contributed by atoms with Crippen LogP contribution in [0.3, 0.4) is 0 Å². The Balaban J connectivity index is -0.000000552. The van der Waals surface area contributed by atoms with Crippen LogP contribution in [0.15, 0.2) is 0 Å². The van der Waals surface area contributed by atoms with Gasteiger partial charge in [0, 0.05) is 79.4 Å². The molecule has 6 nitrogen and oxygen atoms in total. The summed E-state index contributed by atoms with van der Waals surface area (Å²) in [5, 5.41) is 3.36. The summed E-state index contributed by atoms with van der Waals surface area (Å²) in [4.78, 5) is 40.0. The SMILES string of the molecule is CC(C)(C)C(=O)C1CN(C(C)(C)C)C1.CCC(NC(C)(C)C)C(=O)C(C)(C)C.C[CH-]N([CH-]C(=O)C(C)(C)C)C(C)(C)C.[Y]. The van der Waals surface area contributed by atoms with Gasteiger partial charge in [-0.2, -0.15) is 6.92 Å². The molecule has 7 heteroatoms. The molecular weight excluding hydrogens is 611 g/mol. The van der Waals surface area contributed by atoms with Crippen molar-refractivity contribution < 1.29 is 47.1 Å². The third kappa shape index (κ3) is 19.2. The quantitative estimate of drug-likeness (QED) is 0.274. The van der Waals surface area contributed by atoms with Crippen molar-refractivity contribution in [2.45, 2.75) is 168 Å². The zero-order chi connectivity index (χ0) is 34.3. The van der Waals surface area contributed by atoms with E-state index < -0.39 is 0 Å². The van der Waals surface area contributed by atoms with Crippen LogP contribution in [0.1, 0.15) is 145 Å². The maximum atomic E-state index is 12.0. The molecule has 253 valence electrons. The summed E-state index contributed by atoms with van der Waals surface area (Å²) in [6, 6.07) is -0.0185. The van der Waals surface area contributed by atoms with E-state index in [-0.39, 0.29) is 83.3 Å². The van der Waals surface area contributed by atoms with Crippen LogP contribution in [0.4, 0.5) is 0 Å². The van der Waals surface area contributed by atoms with E-state index in [0.717, 1.165) is 19.5 Å². The van der Waals surface area contributed by atoms with Crippen LogP contribution >= 0.6 is 0 Å². The van der Waals surface area contributed by atoms with E-state index in [1.165, 1.54) is 0 Å². The van der Waals surface area contributed by atoms with Gasteiger partial charge in [-0.15, -0.1) is 0 Å². The molecule has 1 N–H and O–H groups in total. The Morgan fingerprint density at radius 1 is 0.767 bits per heavy atom. The van der Waals surface area contributed by atoms with Crippen molar-refractivity contribution in [2.24, 2.45) is 22.2 Å². The van der Waals surface area contributed by atoms with Gasteiger partial charge in [-0.3, -0.25) is 27.6 Å². The first-order valence-electron chi connectivity index (χ1n) is 15.9. The molecule has 1 atom stereocenters. The second-order valence-corrected chi connectivity index (χ2v) is 17.9. The van der Waals surface area contributed by atoms with Crippen LogP contribution in [0.2, 0.25) is 0 Å². The van der Waals surface area contributed by atoms with Gasteiger partial charge in [-0.1, -0.05) is 90.0 Å². The molecule has 0 aromatic carbocycles. The van der Waals surface area contributed by atoms with Crippen molar-refractivity contribution in [1.29, 1.82) is 0 Å². The summed E-state index contributed by atoms with van der Waals surface area (Å²) < 4.78 is 0. The minimum absolute atomic E-state index is 0. The Morgan fingerprint density at radius 2 is 1.19 bits per heavy atom. The molecule has 0 bridgehead atoms. The second kappa shape index (κ2) is 17.7. The monoisotopic (exact) mass is 682 g/mol. The maximum Gasteiger partial charge on any atom is 0.155 e. The minimum atomic E-state index is -0.299. The van der Waals surface area contributed by atoms with Gasteiger partial charge in [0.05, 0.1) is 6.04 Å². The normalized spacial score (nSPS) is 16.0. The van der Waals surface area contributed by atoms with E-state index in [9.17, 15) is 14.4 Å². The standard InChI is InChI=1S/2C12H23NO.C12H25NO.Y/c1-11(2,3)10(14)9-7-13(8-9)12(4,5)6;1-8-13(12(5,6)7)9-10(14)11(2,3)4;1-8-9(13-12(5,6)7)10(14)11(2,3)4;/h9H,7-8H2,1-6H3;8-9H,1-7H3;9,13H,8H2,1-7H3;/q;-2;;. The van der Waals surface area contributed by atoms with Gasteiger partial charge in [0.2, 0.25) is 0 Å². The summed E-state index contributed by atoms with van der Waals surface area (Å²) in [6.07, 6.45) is 0.855. The fourth-order valence-corrected chi connectivity index (χ4v) is 4.18. The van der Waals surface area contributed by atoms with Gasteiger partial charge in [0.1, 0.15) is 5.78 Å². The summed E-state index contributed by atoms with van der Waals surface area (Å²) in [7, 11) is 0. The summed E-state index contributed by atoms with van der Waals surface area (Å²) >= 11 is 0. The van der Waals surface area contributed by atoms with Crippen LogP contribution in [-0.4, -0.2) is 62.9 Å². The third-order valence-corrected chi connectivity index (χ3v) is 7.06. The van der Waals surface area contributed by atoms with Crippen molar-refractivity contribution >= 4 is 17.3 Å². The summed E-state index contributed by atoms with van der Waals surface area (Å²) in [6.45, 7) is 46.4. The molecule has 1 rings (SSSR count). The molecule has 1 aliphatic rings. The molecule has 43 heavy (non-hydrogen) atoms. The average molecular weight is 683 g/mol. The molecule has 1 unspecified atom stereocenters. The number of rotatable bonds is 7. The number of hydrogen-bond acceptors (Lipinski definition) is 6. The van der Waals surface area contributed by atoms with E-state index in [0.29, 0.717) is 11.6 Å². The smallest absolute Gasteiger partial charge is 0.155 e. The first kappa shape index (κ1) is 47.3. The van der Waals surface area contributed by atoms with Crippen molar-refractivity contribution in [3.8, 4) is 0 Å². The molecule has 0 spiro atoms. The summed E-state index contributed by atoms with van der Waals surface area (Å²) in [5.41, 5.74) is -0.536. The molecule has 1 saturated heterocycles. The molecule has 0 saturated carbocycles. The number of nitrogens with zero attached hydrogens (tertiary/aromatic N) is 2. The fourth-order valence-electron chi connectivity index (χ4n) is 4.18. The fraction of sp³-hybridized carbons (Fsp3) is 0.861. The molecule has 0 aromatic rings. The molecular formula is C36H71N3O3Y-2. The number of likely N-dealkylation sites (tertiary alicyclic amines) is 1. The molecule has 0 amide bonds. The van der Waals surface area contributed by atoms with E-state index in [1.807, 2.05) is 87.6 Å². The molecule has 1 radical (unpaired) electrons. The largest absolute Gasteiger partial charge is 0.581 e. The predicted octanol–water partition coefficient (Wildman–Crippen LogP) is 8.14. The Hall–Kier alpha value is -0.136. The minimum Gasteiger partial charge on any atom is -0.581 e. The Kier molecular flexibility index (Phi) is 19.4. The van der Waals surface area contributed by atoms with Crippen molar-refractivity contribution in [2.75, 3.05) is 13.1 Å². The Labute approximate surface area is 293 Å². The van der Waals surface area contributed by atoms with Crippen molar-refractivity contribution in [3.63, 3.8) is 0 Å². The van der Waals surface area contributed by atoms with Crippen LogP contribution in [-0.2, 0) is 47.1 Å². The third-order valence-electron chi connectivity index (χ3n) is 7.06. The van der Waals surface area contributed by atoms with Crippen LogP contribution in [0.5, 0.6) is 0 Å². The van der Waals surface area contributed by atoms with Gasteiger partial charge >= 0.3 is 0 Å². The van der Waals surface area contributed by atoms with Crippen molar-refractivity contribution in [3.05, 3.63) is 13.1 Å². The van der Waals surface area contributed by atoms with Gasteiger partial charge in [0.25, 0.3) is 0 Å². The molecule has 0 aliphatic carbocycles. The zero-order valence-corrected chi connectivity index (χ0v) is 35.0. The first-order chi connectivity index (χ1) is 18.3. The number of nitrogens with one attached hydrogen (secondary N) is 1. The van der Waals surface area contributed by atoms with Crippen LogP contribution in [0, 0.1) is 35.3 Å². The summed E-state index contributed by atoms with van der Waals surface area (Å²) in [5.74, 6) is 1.15. The molecule has 1 aliphatic heterocycles. The molecule has 0 aromatic heterocycles. The number of carbonyl (C=O) groups excluding carboxylic acids is 3. The first-order valence-corrected chi connectivity index (χ1v) is 15.9. The van der Waals surface area contributed by atoms with E-state index in [2.05, 4.69) is 72.5 Å². The second-order valence-electron chi connectivity index (χ2n) is 17.9. The van der Waals surface area contributed by atoms with E-state index in [4.69, 9.17) is 0 Å². The van der Waals surface area contributed by atoms with Gasteiger partial charge in [0.15, 0.2) is 5.78 Å². The average Bonchev–Trinajstić information content (AvgIpc) is 2.70.